The lowest BCUT2D eigenvalue weighted by molar-refractivity contribution is 0.276. The molecule has 4 heteroatoms. The van der Waals surface area contributed by atoms with Crippen molar-refractivity contribution >= 4 is 0 Å². The molecular formula is C13H22N2O2. The normalized spacial score (nSPS) is 12.2. The van der Waals surface area contributed by atoms with Crippen molar-refractivity contribution in [2.45, 2.75) is 26.3 Å². The molecule has 0 bridgehead atoms. The van der Waals surface area contributed by atoms with Crippen LogP contribution in [0, 0.1) is 0 Å². The van der Waals surface area contributed by atoms with Gasteiger partial charge in [0.1, 0.15) is 0 Å². The van der Waals surface area contributed by atoms with Crippen LogP contribution in [0.1, 0.15) is 31.9 Å². The Bertz CT molecular complexity index is 342. The van der Waals surface area contributed by atoms with Crippen LogP contribution in [-0.4, -0.2) is 19.8 Å². The highest BCUT2D eigenvalue weighted by Gasteiger charge is 2.10. The lowest BCUT2D eigenvalue weighted by atomic mass is 10.1. The Morgan fingerprint density at radius 1 is 1.18 bits per heavy atom. The first-order valence-electron chi connectivity index (χ1n) is 6.08. The van der Waals surface area contributed by atoms with E-state index in [1.54, 1.807) is 0 Å². The first kappa shape index (κ1) is 13.8. The number of benzene rings is 1. The number of ether oxygens (including phenoxy) is 2. The Morgan fingerprint density at radius 3 is 2.53 bits per heavy atom. The van der Waals surface area contributed by atoms with Gasteiger partial charge in [0.25, 0.3) is 0 Å². The second-order valence-electron chi connectivity index (χ2n) is 3.83. The Hall–Kier alpha value is -1.26. The molecule has 1 aromatic carbocycles. The second-order valence-corrected chi connectivity index (χ2v) is 3.83. The van der Waals surface area contributed by atoms with Crippen LogP contribution in [0.25, 0.3) is 0 Å². The predicted octanol–water partition coefficient (Wildman–Crippen LogP) is 1.83. The summed E-state index contributed by atoms with van der Waals surface area (Å²) in [5, 5.41) is 0. The van der Waals surface area contributed by atoms with Crippen LogP contribution in [0.4, 0.5) is 0 Å². The van der Waals surface area contributed by atoms with Crippen LogP contribution in [0.15, 0.2) is 18.2 Å². The van der Waals surface area contributed by atoms with Gasteiger partial charge in [0.05, 0.1) is 13.2 Å². The summed E-state index contributed by atoms with van der Waals surface area (Å²) in [6.45, 7) is 5.71. The largest absolute Gasteiger partial charge is 0.490 e. The topological polar surface area (TPSA) is 70.5 Å². The second kappa shape index (κ2) is 7.14. The molecule has 0 aliphatic carbocycles. The molecule has 0 aliphatic heterocycles. The van der Waals surface area contributed by atoms with Gasteiger partial charge in [-0.1, -0.05) is 13.0 Å². The van der Waals surface area contributed by atoms with Gasteiger partial charge < -0.3 is 20.9 Å². The summed E-state index contributed by atoms with van der Waals surface area (Å²) in [6.07, 6.45) is 0.968. The minimum atomic E-state index is -0.158. The average molecular weight is 238 g/mol. The Labute approximate surface area is 103 Å². The molecule has 0 radical (unpaired) electrons. The SMILES string of the molecule is CCCOc1ccc(C(N)CN)cc1OCC. The Kier molecular flexibility index (Phi) is 5.80. The van der Waals surface area contributed by atoms with Crippen LogP contribution < -0.4 is 20.9 Å². The minimum absolute atomic E-state index is 0.158. The maximum atomic E-state index is 5.89. The number of hydrogen-bond donors (Lipinski definition) is 2. The van der Waals surface area contributed by atoms with Gasteiger partial charge in [-0.2, -0.15) is 0 Å². The third-order valence-corrected chi connectivity index (χ3v) is 2.41. The maximum absolute atomic E-state index is 5.89. The summed E-state index contributed by atoms with van der Waals surface area (Å²) in [4.78, 5) is 0. The first-order valence-corrected chi connectivity index (χ1v) is 6.08. The lowest BCUT2D eigenvalue weighted by Gasteiger charge is -2.15. The first-order chi connectivity index (χ1) is 8.22. The highest BCUT2D eigenvalue weighted by molar-refractivity contribution is 5.44. The van der Waals surface area contributed by atoms with Crippen molar-refractivity contribution in [1.29, 1.82) is 0 Å². The quantitative estimate of drug-likeness (QED) is 0.760. The van der Waals surface area contributed by atoms with Crippen molar-refractivity contribution in [3.05, 3.63) is 23.8 Å². The molecule has 4 nitrogen and oxygen atoms in total. The van der Waals surface area contributed by atoms with E-state index >= 15 is 0 Å². The summed E-state index contributed by atoms with van der Waals surface area (Å²) in [7, 11) is 0. The zero-order valence-electron chi connectivity index (χ0n) is 10.6. The van der Waals surface area contributed by atoms with E-state index in [9.17, 15) is 0 Å². The summed E-state index contributed by atoms with van der Waals surface area (Å²) >= 11 is 0. The van der Waals surface area contributed by atoms with Gasteiger partial charge in [-0.3, -0.25) is 0 Å². The van der Waals surface area contributed by atoms with Crippen LogP contribution in [-0.2, 0) is 0 Å². The molecule has 17 heavy (non-hydrogen) atoms. The molecule has 1 aromatic rings. The van der Waals surface area contributed by atoms with E-state index in [1.807, 2.05) is 25.1 Å². The van der Waals surface area contributed by atoms with Crippen LogP contribution in [0.5, 0.6) is 11.5 Å². The van der Waals surface area contributed by atoms with Gasteiger partial charge in [0.15, 0.2) is 11.5 Å². The van der Waals surface area contributed by atoms with Gasteiger partial charge in [-0.25, -0.2) is 0 Å². The molecule has 1 unspecified atom stereocenters. The molecular weight excluding hydrogens is 216 g/mol. The molecule has 0 heterocycles. The van der Waals surface area contributed by atoms with E-state index < -0.39 is 0 Å². The van der Waals surface area contributed by atoms with Crippen molar-refractivity contribution in [1.82, 2.24) is 0 Å². The Morgan fingerprint density at radius 2 is 1.94 bits per heavy atom. The summed E-state index contributed by atoms with van der Waals surface area (Å²) in [6, 6.07) is 5.58. The molecule has 0 fully saturated rings. The summed E-state index contributed by atoms with van der Waals surface area (Å²) in [5.41, 5.74) is 12.4. The van der Waals surface area contributed by atoms with Gasteiger partial charge in [0, 0.05) is 12.6 Å². The molecule has 0 saturated carbocycles. The zero-order valence-corrected chi connectivity index (χ0v) is 10.6. The fourth-order valence-corrected chi connectivity index (χ4v) is 1.49. The van der Waals surface area contributed by atoms with E-state index in [4.69, 9.17) is 20.9 Å². The molecule has 1 atom stereocenters. The predicted molar refractivity (Wildman–Crippen MR) is 69.4 cm³/mol. The van der Waals surface area contributed by atoms with E-state index in [0.717, 1.165) is 23.5 Å². The number of rotatable bonds is 7. The zero-order chi connectivity index (χ0) is 12.7. The highest BCUT2D eigenvalue weighted by atomic mass is 16.5. The molecule has 96 valence electrons. The fraction of sp³-hybridized carbons (Fsp3) is 0.538. The molecule has 4 N–H and O–H groups in total. The van der Waals surface area contributed by atoms with Crippen molar-refractivity contribution < 1.29 is 9.47 Å². The van der Waals surface area contributed by atoms with Crippen molar-refractivity contribution in [3.8, 4) is 11.5 Å². The van der Waals surface area contributed by atoms with Crippen LogP contribution in [0.3, 0.4) is 0 Å². The third-order valence-electron chi connectivity index (χ3n) is 2.41. The van der Waals surface area contributed by atoms with E-state index in [-0.39, 0.29) is 6.04 Å². The fourth-order valence-electron chi connectivity index (χ4n) is 1.49. The van der Waals surface area contributed by atoms with Gasteiger partial charge >= 0.3 is 0 Å². The van der Waals surface area contributed by atoms with Crippen molar-refractivity contribution in [3.63, 3.8) is 0 Å². The van der Waals surface area contributed by atoms with Crippen LogP contribution >= 0.6 is 0 Å². The molecule has 0 aromatic heterocycles. The van der Waals surface area contributed by atoms with Gasteiger partial charge in [-0.15, -0.1) is 0 Å². The molecule has 1 rings (SSSR count). The number of hydrogen-bond acceptors (Lipinski definition) is 4. The van der Waals surface area contributed by atoms with E-state index in [2.05, 4.69) is 6.92 Å². The van der Waals surface area contributed by atoms with Crippen molar-refractivity contribution in [2.75, 3.05) is 19.8 Å². The van der Waals surface area contributed by atoms with Crippen molar-refractivity contribution in [2.24, 2.45) is 11.5 Å². The molecule has 0 spiro atoms. The van der Waals surface area contributed by atoms with Crippen LogP contribution in [0.2, 0.25) is 0 Å². The molecule has 0 saturated heterocycles. The number of nitrogens with two attached hydrogens (primary N) is 2. The molecule has 0 aliphatic rings. The van der Waals surface area contributed by atoms with E-state index in [1.165, 1.54) is 0 Å². The monoisotopic (exact) mass is 238 g/mol. The van der Waals surface area contributed by atoms with Gasteiger partial charge in [0.2, 0.25) is 0 Å². The van der Waals surface area contributed by atoms with Gasteiger partial charge in [-0.05, 0) is 31.0 Å². The lowest BCUT2D eigenvalue weighted by Crippen LogP contribution is -2.20. The minimum Gasteiger partial charge on any atom is -0.490 e. The smallest absolute Gasteiger partial charge is 0.161 e. The maximum Gasteiger partial charge on any atom is 0.161 e. The average Bonchev–Trinajstić information content (AvgIpc) is 2.36. The summed E-state index contributed by atoms with van der Waals surface area (Å²) < 4.78 is 11.2. The summed E-state index contributed by atoms with van der Waals surface area (Å²) in [5.74, 6) is 1.50. The Balaban J connectivity index is 2.90. The van der Waals surface area contributed by atoms with E-state index in [0.29, 0.717) is 19.8 Å². The highest BCUT2D eigenvalue weighted by Crippen LogP contribution is 2.30. The third kappa shape index (κ3) is 3.91. The molecule has 0 amide bonds. The standard InChI is InChI=1S/C13H22N2O2/c1-3-7-17-12-6-5-10(11(15)9-14)8-13(12)16-4-2/h5-6,8,11H,3-4,7,9,14-15H2,1-2H3.